The average Bonchev–Trinajstić information content (AvgIpc) is 3.09. The van der Waals surface area contributed by atoms with Crippen LogP contribution in [0.25, 0.3) is 0 Å². The lowest BCUT2D eigenvalue weighted by Crippen LogP contribution is -2.42. The van der Waals surface area contributed by atoms with Crippen molar-refractivity contribution in [1.29, 1.82) is 0 Å². The number of hydrogen-bond acceptors (Lipinski definition) is 6. The Bertz CT molecular complexity index is 553. The number of aliphatic hydroxyl groups is 1. The fraction of sp³-hybridized carbons (Fsp3) is 0.842. The van der Waals surface area contributed by atoms with Crippen LogP contribution in [0, 0.1) is 5.92 Å². The molecule has 3 N–H and O–H groups in total. The molecule has 26 heavy (non-hydrogen) atoms. The van der Waals surface area contributed by atoms with Crippen molar-refractivity contribution in [2.75, 3.05) is 6.61 Å². The van der Waals surface area contributed by atoms with Crippen LogP contribution in [0.15, 0.2) is 4.52 Å². The van der Waals surface area contributed by atoms with Crippen LogP contribution in [-0.4, -0.2) is 38.5 Å². The van der Waals surface area contributed by atoms with Gasteiger partial charge in [-0.05, 0) is 26.2 Å². The van der Waals surface area contributed by atoms with E-state index in [4.69, 9.17) is 4.52 Å². The molecule has 1 unspecified atom stereocenters. The first-order chi connectivity index (χ1) is 12.4. The van der Waals surface area contributed by atoms with Crippen LogP contribution in [0.3, 0.4) is 0 Å². The van der Waals surface area contributed by atoms with E-state index in [1.807, 2.05) is 13.8 Å². The largest absolute Gasteiger partial charge is 0.481 e. The van der Waals surface area contributed by atoms with Gasteiger partial charge in [-0.1, -0.05) is 50.1 Å². The predicted molar refractivity (Wildman–Crippen MR) is 97.7 cm³/mol. The molecule has 1 fully saturated rings. The van der Waals surface area contributed by atoms with E-state index in [-0.39, 0.29) is 18.9 Å². The molecule has 1 heterocycles. The van der Waals surface area contributed by atoms with E-state index < -0.39 is 11.5 Å². The Morgan fingerprint density at radius 1 is 1.35 bits per heavy atom. The first-order valence-corrected chi connectivity index (χ1v) is 9.80. The number of hydrogen-bond donors (Lipinski definition) is 3. The van der Waals surface area contributed by atoms with Crippen molar-refractivity contribution < 1.29 is 19.5 Å². The van der Waals surface area contributed by atoms with Crippen molar-refractivity contribution in [1.82, 2.24) is 15.5 Å². The summed E-state index contributed by atoms with van der Waals surface area (Å²) in [6, 6.07) is 0. The molecular formula is C19H33N3O4. The minimum absolute atomic E-state index is 0.000510. The van der Waals surface area contributed by atoms with Gasteiger partial charge in [-0.3, -0.25) is 4.79 Å². The van der Waals surface area contributed by atoms with E-state index in [9.17, 15) is 15.0 Å². The summed E-state index contributed by atoms with van der Waals surface area (Å²) in [5, 5.41) is 25.6. The summed E-state index contributed by atoms with van der Waals surface area (Å²) in [5.74, 6) is 0.617. The maximum Gasteiger partial charge on any atom is 0.304 e. The van der Waals surface area contributed by atoms with Gasteiger partial charge in [0.25, 0.3) is 0 Å². The molecule has 1 saturated carbocycles. The van der Waals surface area contributed by atoms with Crippen molar-refractivity contribution >= 4 is 5.97 Å². The molecular weight excluding hydrogens is 334 g/mol. The number of carboxylic acids is 1. The molecule has 0 spiro atoms. The molecule has 0 aliphatic heterocycles. The topological polar surface area (TPSA) is 108 Å². The molecule has 1 aliphatic rings. The Morgan fingerprint density at radius 3 is 2.73 bits per heavy atom. The molecule has 7 heteroatoms. The Morgan fingerprint density at radius 2 is 2.08 bits per heavy atom. The van der Waals surface area contributed by atoms with Gasteiger partial charge in [-0.25, -0.2) is 0 Å². The molecule has 1 aromatic heterocycles. The van der Waals surface area contributed by atoms with Gasteiger partial charge in [0.1, 0.15) is 0 Å². The lowest BCUT2D eigenvalue weighted by atomic mass is 9.84. The zero-order valence-corrected chi connectivity index (χ0v) is 16.0. The minimum Gasteiger partial charge on any atom is -0.481 e. The third-order valence-corrected chi connectivity index (χ3v) is 5.26. The number of carbonyl (C=O) groups is 1. The smallest absolute Gasteiger partial charge is 0.304 e. The second-order valence-corrected chi connectivity index (χ2v) is 8.17. The van der Waals surface area contributed by atoms with Gasteiger partial charge in [0.15, 0.2) is 5.82 Å². The lowest BCUT2D eigenvalue weighted by molar-refractivity contribution is -0.137. The monoisotopic (exact) mass is 367 g/mol. The highest BCUT2D eigenvalue weighted by molar-refractivity contribution is 5.67. The van der Waals surface area contributed by atoms with Gasteiger partial charge in [0.2, 0.25) is 5.89 Å². The van der Waals surface area contributed by atoms with Gasteiger partial charge in [-0.15, -0.1) is 0 Å². The first kappa shape index (κ1) is 20.8. The summed E-state index contributed by atoms with van der Waals surface area (Å²) in [4.78, 5) is 15.6. The Hall–Kier alpha value is -1.47. The minimum atomic E-state index is -0.841. The number of nitrogens with zero attached hydrogens (tertiary/aromatic N) is 2. The third-order valence-electron chi connectivity index (χ3n) is 5.26. The molecule has 2 rings (SSSR count). The number of carboxylic acid groups (broad SMARTS) is 1. The summed E-state index contributed by atoms with van der Waals surface area (Å²) in [6.07, 6.45) is 9.55. The maximum absolute atomic E-state index is 11.2. The molecule has 0 radical (unpaired) electrons. The predicted octanol–water partition coefficient (Wildman–Crippen LogP) is 3.24. The van der Waals surface area contributed by atoms with E-state index in [0.29, 0.717) is 18.3 Å². The van der Waals surface area contributed by atoms with Crippen LogP contribution in [0.1, 0.15) is 89.3 Å². The van der Waals surface area contributed by atoms with Gasteiger partial charge in [0.05, 0.1) is 19.6 Å². The highest BCUT2D eigenvalue weighted by Crippen LogP contribution is 2.31. The number of aromatic nitrogens is 2. The van der Waals surface area contributed by atoms with Crippen LogP contribution in [0.4, 0.5) is 0 Å². The highest BCUT2D eigenvalue weighted by Gasteiger charge is 2.24. The van der Waals surface area contributed by atoms with Crippen molar-refractivity contribution in [2.24, 2.45) is 5.92 Å². The van der Waals surface area contributed by atoms with Crippen molar-refractivity contribution in [3.05, 3.63) is 11.7 Å². The van der Waals surface area contributed by atoms with E-state index in [1.165, 1.54) is 32.1 Å². The van der Waals surface area contributed by atoms with Crippen molar-refractivity contribution in [3.8, 4) is 0 Å². The van der Waals surface area contributed by atoms with Crippen molar-refractivity contribution in [3.63, 3.8) is 0 Å². The molecule has 0 aromatic carbocycles. The zero-order valence-electron chi connectivity index (χ0n) is 16.0. The first-order valence-electron chi connectivity index (χ1n) is 9.80. The fourth-order valence-electron chi connectivity index (χ4n) is 3.53. The summed E-state index contributed by atoms with van der Waals surface area (Å²) in [5.41, 5.74) is -0.429. The Kier molecular flexibility index (Phi) is 8.03. The van der Waals surface area contributed by atoms with E-state index >= 15 is 0 Å². The van der Waals surface area contributed by atoms with Gasteiger partial charge >= 0.3 is 5.97 Å². The molecule has 0 bridgehead atoms. The lowest BCUT2D eigenvalue weighted by Gasteiger charge is -2.22. The molecule has 1 atom stereocenters. The normalized spacial score (nSPS) is 17.3. The van der Waals surface area contributed by atoms with E-state index in [2.05, 4.69) is 15.5 Å². The number of nitrogens with one attached hydrogen (secondary N) is 1. The second-order valence-electron chi connectivity index (χ2n) is 8.17. The van der Waals surface area contributed by atoms with Gasteiger partial charge < -0.3 is 20.1 Å². The number of aliphatic hydroxyl groups excluding tert-OH is 1. The molecule has 1 aromatic rings. The zero-order chi connectivity index (χ0) is 19.0. The van der Waals surface area contributed by atoms with Crippen LogP contribution in [0.2, 0.25) is 0 Å². The molecule has 148 valence electrons. The molecule has 1 aliphatic carbocycles. The average molecular weight is 367 g/mol. The number of rotatable bonds is 11. The number of aliphatic carboxylic acids is 1. The van der Waals surface area contributed by atoms with E-state index in [1.54, 1.807) is 0 Å². The third kappa shape index (κ3) is 7.03. The maximum atomic E-state index is 11.2. The summed E-state index contributed by atoms with van der Waals surface area (Å²) >= 11 is 0. The van der Waals surface area contributed by atoms with Crippen LogP contribution in [-0.2, 0) is 11.3 Å². The molecule has 7 nitrogen and oxygen atoms in total. The second kappa shape index (κ2) is 10.0. The summed E-state index contributed by atoms with van der Waals surface area (Å²) in [7, 11) is 0. The molecule has 0 amide bonds. The Labute approximate surface area is 155 Å². The van der Waals surface area contributed by atoms with Gasteiger partial charge in [0, 0.05) is 11.5 Å². The van der Waals surface area contributed by atoms with Crippen molar-refractivity contribution in [2.45, 2.75) is 89.6 Å². The van der Waals surface area contributed by atoms with E-state index in [0.717, 1.165) is 25.2 Å². The van der Waals surface area contributed by atoms with Crippen LogP contribution >= 0.6 is 0 Å². The Balaban J connectivity index is 1.88. The standard InChI is InChI=1S/C19H33N3O4/c1-19(2,13-23)20-12-16-21-18(26-22-16)15(11-17(24)25)10-6-9-14-7-4-3-5-8-14/h14-15,20,23H,3-13H2,1-2H3,(H,24,25). The summed E-state index contributed by atoms with van der Waals surface area (Å²) in [6.45, 7) is 4.14. The van der Waals surface area contributed by atoms with Gasteiger partial charge in [-0.2, -0.15) is 4.98 Å². The van der Waals surface area contributed by atoms with Crippen LogP contribution in [0.5, 0.6) is 0 Å². The quantitative estimate of drug-likeness (QED) is 0.551. The van der Waals surface area contributed by atoms with Crippen LogP contribution < -0.4 is 5.32 Å². The highest BCUT2D eigenvalue weighted by atomic mass is 16.5. The SMILES string of the molecule is CC(C)(CO)NCc1noc(C(CCCC2CCCCC2)CC(=O)O)n1. The summed E-state index contributed by atoms with van der Waals surface area (Å²) < 4.78 is 5.34. The fourth-order valence-corrected chi connectivity index (χ4v) is 3.53. The molecule has 0 saturated heterocycles.